The van der Waals surface area contributed by atoms with E-state index in [2.05, 4.69) is 9.72 Å². The molecule has 4 nitrogen and oxygen atoms in total. The summed E-state index contributed by atoms with van der Waals surface area (Å²) in [5, 5.41) is 8.91. The second-order valence-corrected chi connectivity index (χ2v) is 3.60. The van der Waals surface area contributed by atoms with E-state index in [4.69, 9.17) is 23.2 Å². The first-order valence-corrected chi connectivity index (χ1v) is 5.30. The van der Waals surface area contributed by atoms with Crippen LogP contribution in [-0.4, -0.2) is 22.7 Å². The van der Waals surface area contributed by atoms with Crippen molar-refractivity contribution in [3.63, 3.8) is 0 Å². The molecule has 0 radical (unpaired) electrons. The Morgan fingerprint density at radius 1 is 1.59 bits per heavy atom. The van der Waals surface area contributed by atoms with Crippen molar-refractivity contribution in [1.82, 2.24) is 4.98 Å². The zero-order valence-electron chi connectivity index (χ0n) is 8.71. The van der Waals surface area contributed by atoms with Crippen LogP contribution < -0.4 is 0 Å². The van der Waals surface area contributed by atoms with Crippen LogP contribution in [0.2, 0.25) is 10.3 Å². The molecule has 7 heteroatoms. The number of rotatable bonds is 3. The molecule has 0 aliphatic heterocycles. The second kappa shape index (κ2) is 5.84. The molecule has 0 unspecified atom stereocenters. The van der Waals surface area contributed by atoms with Crippen LogP contribution in [0, 0.1) is 5.82 Å². The van der Waals surface area contributed by atoms with Gasteiger partial charge in [-0.2, -0.15) is 0 Å². The molecule has 0 saturated heterocycles. The third-order valence-corrected chi connectivity index (χ3v) is 2.26. The van der Waals surface area contributed by atoms with Crippen molar-refractivity contribution in [3.05, 3.63) is 33.8 Å². The molecule has 0 atom stereocenters. The quantitative estimate of drug-likeness (QED) is 0.400. The predicted octanol–water partition coefficient (Wildman–Crippen LogP) is 2.99. The van der Waals surface area contributed by atoms with Crippen LogP contribution in [0.4, 0.5) is 4.39 Å². The van der Waals surface area contributed by atoms with Gasteiger partial charge in [0, 0.05) is 0 Å². The van der Waals surface area contributed by atoms with Crippen molar-refractivity contribution in [3.8, 4) is 0 Å². The van der Waals surface area contributed by atoms with E-state index in [1.807, 2.05) is 0 Å². The second-order valence-electron chi connectivity index (χ2n) is 2.88. The highest BCUT2D eigenvalue weighted by molar-refractivity contribution is 6.33. The van der Waals surface area contributed by atoms with Crippen LogP contribution in [0.5, 0.6) is 0 Å². The number of carbonyl (C=O) groups excluding carboxylic acids is 1. The highest BCUT2D eigenvalue weighted by Crippen LogP contribution is 2.24. The largest absolute Gasteiger partial charge is 0.507 e. The molecule has 0 saturated carbocycles. The van der Waals surface area contributed by atoms with Gasteiger partial charge in [0.05, 0.1) is 18.2 Å². The number of nitrogens with zero attached hydrogens (tertiary/aromatic N) is 1. The van der Waals surface area contributed by atoms with Gasteiger partial charge in [-0.1, -0.05) is 23.2 Å². The number of carbonyl (C=O) groups is 1. The smallest absolute Gasteiger partial charge is 0.334 e. The summed E-state index contributed by atoms with van der Waals surface area (Å²) >= 11 is 11.0. The van der Waals surface area contributed by atoms with Gasteiger partial charge in [-0.25, -0.2) is 14.2 Å². The zero-order chi connectivity index (χ0) is 13.0. The maximum absolute atomic E-state index is 13.1. The number of aromatic nitrogens is 1. The molecule has 1 aromatic rings. The lowest BCUT2D eigenvalue weighted by atomic mass is 10.2. The number of halogens is 3. The van der Waals surface area contributed by atoms with E-state index < -0.39 is 22.7 Å². The molecule has 17 heavy (non-hydrogen) atoms. The lowest BCUT2D eigenvalue weighted by molar-refractivity contribution is -0.137. The summed E-state index contributed by atoms with van der Waals surface area (Å²) in [7, 11) is 0. The fourth-order valence-corrected chi connectivity index (χ4v) is 1.42. The Morgan fingerprint density at radius 3 is 2.82 bits per heavy atom. The van der Waals surface area contributed by atoms with Crippen LogP contribution in [0.1, 0.15) is 12.5 Å². The van der Waals surface area contributed by atoms with Gasteiger partial charge in [-0.3, -0.25) is 0 Å². The Bertz CT molecular complexity index is 477. The van der Waals surface area contributed by atoms with Crippen LogP contribution >= 0.6 is 23.2 Å². The van der Waals surface area contributed by atoms with Gasteiger partial charge in [-0.05, 0) is 13.0 Å². The molecule has 0 spiro atoms. The highest BCUT2D eigenvalue weighted by Gasteiger charge is 2.13. The van der Waals surface area contributed by atoms with Crippen LogP contribution in [0.25, 0.3) is 5.76 Å². The van der Waals surface area contributed by atoms with E-state index >= 15 is 0 Å². The van der Waals surface area contributed by atoms with E-state index in [9.17, 15) is 14.3 Å². The normalized spacial score (nSPS) is 11.4. The topological polar surface area (TPSA) is 59.4 Å². The highest BCUT2D eigenvalue weighted by atomic mass is 35.5. The Kier molecular flexibility index (Phi) is 4.72. The number of hydrogen-bond acceptors (Lipinski definition) is 4. The summed E-state index contributed by atoms with van der Waals surface area (Å²) in [5.41, 5.74) is -0.137. The molecule has 0 aliphatic rings. The number of pyridine rings is 1. The summed E-state index contributed by atoms with van der Waals surface area (Å²) in [6.45, 7) is 1.77. The zero-order valence-corrected chi connectivity index (χ0v) is 10.2. The Hall–Kier alpha value is -1.33. The number of aliphatic hydroxyl groups is 1. The minimum Gasteiger partial charge on any atom is -0.507 e. The van der Waals surface area contributed by atoms with Crippen molar-refractivity contribution < 1.29 is 19.0 Å². The molecule has 1 aromatic heterocycles. The molecule has 1 heterocycles. The van der Waals surface area contributed by atoms with Crippen LogP contribution in [0.3, 0.4) is 0 Å². The van der Waals surface area contributed by atoms with E-state index in [0.29, 0.717) is 0 Å². The Balaban J connectivity index is 3.08. The van der Waals surface area contributed by atoms with Crippen molar-refractivity contribution in [1.29, 1.82) is 0 Å². The van der Waals surface area contributed by atoms with Crippen molar-refractivity contribution in [2.75, 3.05) is 6.61 Å². The summed E-state index contributed by atoms with van der Waals surface area (Å²) in [6, 6.07) is 0.878. The number of hydrogen-bond donors (Lipinski definition) is 1. The molecule has 0 aliphatic carbocycles. The fraction of sp³-hybridized carbons (Fsp3) is 0.200. The molecule has 0 amide bonds. The lowest BCUT2D eigenvalue weighted by Crippen LogP contribution is -2.01. The average Bonchev–Trinajstić information content (AvgIpc) is 2.23. The molecular formula is C10H8Cl2FNO3. The molecule has 0 aromatic carbocycles. The van der Waals surface area contributed by atoms with E-state index in [-0.39, 0.29) is 17.3 Å². The van der Waals surface area contributed by atoms with Gasteiger partial charge in [-0.15, -0.1) is 0 Å². The Morgan fingerprint density at radius 2 is 2.24 bits per heavy atom. The molecule has 0 bridgehead atoms. The molecule has 1 N–H and O–H groups in total. The first kappa shape index (κ1) is 13.7. The van der Waals surface area contributed by atoms with Gasteiger partial charge < -0.3 is 9.84 Å². The van der Waals surface area contributed by atoms with Crippen molar-refractivity contribution >= 4 is 34.9 Å². The standard InChI is InChI=1S/C10H8Cl2FNO3/c1-2-17-8(16)4-7(15)5-3-6(13)10(12)14-9(5)11/h3-4,15H,2H2,1H3. The summed E-state index contributed by atoms with van der Waals surface area (Å²) < 4.78 is 17.7. The number of aliphatic hydroxyl groups excluding tert-OH is 1. The maximum Gasteiger partial charge on any atom is 0.334 e. The van der Waals surface area contributed by atoms with Crippen LogP contribution in [0.15, 0.2) is 12.1 Å². The summed E-state index contributed by atoms with van der Waals surface area (Å²) in [5.74, 6) is -2.16. The van der Waals surface area contributed by atoms with E-state index in [1.165, 1.54) is 0 Å². The monoisotopic (exact) mass is 279 g/mol. The first-order chi connectivity index (χ1) is 7.95. The van der Waals surface area contributed by atoms with Crippen molar-refractivity contribution in [2.45, 2.75) is 6.92 Å². The van der Waals surface area contributed by atoms with Crippen molar-refractivity contribution in [2.24, 2.45) is 0 Å². The molecular weight excluding hydrogens is 272 g/mol. The SMILES string of the molecule is CCOC(=O)C=C(O)c1cc(F)c(Cl)nc1Cl. The van der Waals surface area contributed by atoms with Gasteiger partial charge in [0.2, 0.25) is 0 Å². The molecule has 0 fully saturated rings. The third-order valence-electron chi connectivity index (χ3n) is 1.70. The van der Waals surface area contributed by atoms with Gasteiger partial charge in [0.15, 0.2) is 11.0 Å². The van der Waals surface area contributed by atoms with Crippen LogP contribution in [-0.2, 0) is 9.53 Å². The average molecular weight is 280 g/mol. The third kappa shape index (κ3) is 3.57. The molecule has 92 valence electrons. The van der Waals surface area contributed by atoms with Gasteiger partial charge >= 0.3 is 5.97 Å². The minimum atomic E-state index is -0.852. The first-order valence-electron chi connectivity index (χ1n) is 4.55. The number of ether oxygens (including phenoxy) is 1. The van der Waals surface area contributed by atoms with Gasteiger partial charge in [0.1, 0.15) is 10.9 Å². The summed E-state index contributed by atoms with van der Waals surface area (Å²) in [6.07, 6.45) is 0.778. The number of esters is 1. The lowest BCUT2D eigenvalue weighted by Gasteiger charge is -2.04. The maximum atomic E-state index is 13.1. The predicted molar refractivity (Wildman–Crippen MR) is 61.5 cm³/mol. The Labute approximate surface area is 107 Å². The fourth-order valence-electron chi connectivity index (χ4n) is 0.999. The summed E-state index contributed by atoms with van der Waals surface area (Å²) in [4.78, 5) is 14.5. The van der Waals surface area contributed by atoms with Gasteiger partial charge in [0.25, 0.3) is 0 Å². The molecule has 1 rings (SSSR count). The van der Waals surface area contributed by atoms with E-state index in [1.54, 1.807) is 6.92 Å². The van der Waals surface area contributed by atoms with E-state index in [0.717, 1.165) is 12.1 Å². The minimum absolute atomic E-state index is 0.137.